The van der Waals surface area contributed by atoms with Crippen LogP contribution in [0.1, 0.15) is 72.6 Å². The van der Waals surface area contributed by atoms with Crippen LogP contribution < -0.4 is 0 Å². The van der Waals surface area contributed by atoms with Crippen LogP contribution in [0.4, 0.5) is 0 Å². The molecule has 2 nitrogen and oxygen atoms in total. The third kappa shape index (κ3) is 4.75. The lowest BCUT2D eigenvalue weighted by Crippen LogP contribution is -2.49. The lowest BCUT2D eigenvalue weighted by molar-refractivity contribution is -0.00955. The molecule has 0 heterocycles. The number of hydrogen-bond donors (Lipinski definition) is 1. The fourth-order valence-corrected chi connectivity index (χ4v) is 3.56. The van der Waals surface area contributed by atoms with Crippen molar-refractivity contribution in [3.05, 3.63) is 0 Å². The van der Waals surface area contributed by atoms with E-state index in [-0.39, 0.29) is 6.10 Å². The van der Waals surface area contributed by atoms with Crippen LogP contribution in [0.2, 0.25) is 0 Å². The molecule has 0 amide bonds. The van der Waals surface area contributed by atoms with Crippen molar-refractivity contribution < 1.29 is 5.11 Å². The lowest BCUT2D eigenvalue weighted by atomic mass is 9.66. The molecule has 3 atom stereocenters. The third-order valence-corrected chi connectivity index (χ3v) is 5.38. The summed E-state index contributed by atoms with van der Waals surface area (Å²) in [5.41, 5.74) is 0.393. The molecule has 0 bridgehead atoms. The van der Waals surface area contributed by atoms with E-state index in [4.69, 9.17) is 0 Å². The summed E-state index contributed by atoms with van der Waals surface area (Å²) in [4.78, 5) is 2.53. The monoisotopic (exact) mass is 269 g/mol. The molecule has 0 spiro atoms. The summed E-state index contributed by atoms with van der Waals surface area (Å²) in [7, 11) is 2.26. The molecule has 3 unspecified atom stereocenters. The van der Waals surface area contributed by atoms with Crippen molar-refractivity contribution in [3.63, 3.8) is 0 Å². The zero-order valence-electron chi connectivity index (χ0n) is 13.8. The molecular weight excluding hydrogens is 234 g/mol. The summed E-state index contributed by atoms with van der Waals surface area (Å²) in [5.74, 6) is 0.729. The number of aliphatic hydroxyl groups excluding tert-OH is 1. The van der Waals surface area contributed by atoms with Gasteiger partial charge in [-0.25, -0.2) is 0 Å². The molecule has 1 aliphatic carbocycles. The summed E-state index contributed by atoms with van der Waals surface area (Å²) in [6.07, 6.45) is 8.19. The minimum Gasteiger partial charge on any atom is -0.393 e. The highest BCUT2D eigenvalue weighted by Gasteiger charge is 2.39. The Kier molecular flexibility index (Phi) is 6.82. The summed E-state index contributed by atoms with van der Waals surface area (Å²) in [5, 5.41) is 10.0. The van der Waals surface area contributed by atoms with Crippen LogP contribution in [0.25, 0.3) is 0 Å². The van der Waals surface area contributed by atoms with Crippen LogP contribution in [0.3, 0.4) is 0 Å². The molecule has 1 rings (SSSR count). The van der Waals surface area contributed by atoms with Gasteiger partial charge in [-0.2, -0.15) is 0 Å². The van der Waals surface area contributed by atoms with Crippen LogP contribution in [-0.2, 0) is 0 Å². The highest BCUT2D eigenvalue weighted by atomic mass is 16.3. The second-order valence-electron chi connectivity index (χ2n) is 7.17. The summed E-state index contributed by atoms with van der Waals surface area (Å²) < 4.78 is 0. The maximum atomic E-state index is 10.0. The van der Waals surface area contributed by atoms with Crippen molar-refractivity contribution in [1.29, 1.82) is 0 Å². The van der Waals surface area contributed by atoms with Gasteiger partial charge in [0.1, 0.15) is 0 Å². The lowest BCUT2D eigenvalue weighted by Gasteiger charge is -2.47. The smallest absolute Gasteiger partial charge is 0.0555 e. The van der Waals surface area contributed by atoms with E-state index in [1.54, 1.807) is 0 Å². The molecule has 0 aromatic heterocycles. The van der Waals surface area contributed by atoms with Crippen molar-refractivity contribution >= 4 is 0 Å². The van der Waals surface area contributed by atoms with E-state index in [9.17, 15) is 5.11 Å². The maximum absolute atomic E-state index is 10.0. The Labute approximate surface area is 120 Å². The molecule has 1 saturated carbocycles. The molecular formula is C17H35NO. The quantitative estimate of drug-likeness (QED) is 0.704. The van der Waals surface area contributed by atoms with Gasteiger partial charge < -0.3 is 10.0 Å². The van der Waals surface area contributed by atoms with Gasteiger partial charge in [-0.3, -0.25) is 0 Å². The van der Waals surface area contributed by atoms with Gasteiger partial charge in [0.25, 0.3) is 0 Å². The van der Waals surface area contributed by atoms with Crippen molar-refractivity contribution in [2.24, 2.45) is 11.3 Å². The van der Waals surface area contributed by atoms with Gasteiger partial charge in [0.2, 0.25) is 0 Å². The molecule has 0 aromatic carbocycles. The number of rotatable bonds is 7. The number of hydrogen-bond acceptors (Lipinski definition) is 2. The largest absolute Gasteiger partial charge is 0.393 e. The summed E-state index contributed by atoms with van der Waals surface area (Å²) in [6.45, 7) is 10.6. The van der Waals surface area contributed by atoms with Gasteiger partial charge in [0, 0.05) is 6.04 Å². The van der Waals surface area contributed by atoms with Crippen LogP contribution in [0.5, 0.6) is 0 Å². The molecule has 1 fully saturated rings. The van der Waals surface area contributed by atoms with Gasteiger partial charge in [0.15, 0.2) is 0 Å². The fourth-order valence-electron chi connectivity index (χ4n) is 3.56. The Morgan fingerprint density at radius 2 is 1.84 bits per heavy atom. The Morgan fingerprint density at radius 1 is 1.16 bits per heavy atom. The third-order valence-electron chi connectivity index (χ3n) is 5.38. The first-order chi connectivity index (χ1) is 8.92. The average molecular weight is 269 g/mol. The second-order valence-corrected chi connectivity index (χ2v) is 7.17. The number of nitrogens with zero attached hydrogens (tertiary/aromatic N) is 1. The van der Waals surface area contributed by atoms with Gasteiger partial charge in [-0.1, -0.05) is 47.0 Å². The van der Waals surface area contributed by atoms with E-state index in [0.29, 0.717) is 11.5 Å². The van der Waals surface area contributed by atoms with Crippen LogP contribution in [-0.4, -0.2) is 35.7 Å². The van der Waals surface area contributed by atoms with Crippen LogP contribution in [0, 0.1) is 11.3 Å². The van der Waals surface area contributed by atoms with Crippen molar-refractivity contribution in [2.75, 3.05) is 13.6 Å². The molecule has 0 radical (unpaired) electrons. The summed E-state index contributed by atoms with van der Waals surface area (Å²) >= 11 is 0. The standard InChI is InChI=1S/C17H35NO/c1-6-8-9-12-18(5)16-13-14(19)10-11-15(16)17(3,4)7-2/h14-16,19H,6-13H2,1-5H3. The molecule has 0 aromatic rings. The number of aliphatic hydroxyl groups is 1. The highest BCUT2D eigenvalue weighted by molar-refractivity contribution is 4.92. The Morgan fingerprint density at radius 3 is 2.42 bits per heavy atom. The van der Waals surface area contributed by atoms with Crippen LogP contribution in [0.15, 0.2) is 0 Å². The zero-order valence-corrected chi connectivity index (χ0v) is 13.8. The minimum absolute atomic E-state index is 0.0810. The van der Waals surface area contributed by atoms with E-state index >= 15 is 0 Å². The Balaban J connectivity index is 2.67. The van der Waals surface area contributed by atoms with E-state index in [1.807, 2.05) is 0 Å². The molecule has 2 heteroatoms. The van der Waals surface area contributed by atoms with Crippen molar-refractivity contribution in [1.82, 2.24) is 4.90 Å². The summed E-state index contributed by atoms with van der Waals surface area (Å²) in [6, 6.07) is 0.565. The van der Waals surface area contributed by atoms with Gasteiger partial charge in [0.05, 0.1) is 6.10 Å². The normalized spacial score (nSPS) is 28.9. The van der Waals surface area contributed by atoms with E-state index in [1.165, 1.54) is 38.6 Å². The topological polar surface area (TPSA) is 23.5 Å². The van der Waals surface area contributed by atoms with Crippen LogP contribution >= 0.6 is 0 Å². The first-order valence-corrected chi connectivity index (χ1v) is 8.30. The maximum Gasteiger partial charge on any atom is 0.0555 e. The molecule has 0 aliphatic heterocycles. The SMILES string of the molecule is CCCCCN(C)C1CC(O)CCC1C(C)(C)CC. The first kappa shape index (κ1) is 17.0. The Bertz CT molecular complexity index is 252. The first-order valence-electron chi connectivity index (χ1n) is 8.30. The van der Waals surface area contributed by atoms with Gasteiger partial charge in [-0.05, 0) is 50.6 Å². The molecule has 19 heavy (non-hydrogen) atoms. The highest BCUT2D eigenvalue weighted by Crippen LogP contribution is 2.42. The molecule has 1 aliphatic rings. The van der Waals surface area contributed by atoms with E-state index in [0.717, 1.165) is 18.8 Å². The Hall–Kier alpha value is -0.0800. The van der Waals surface area contributed by atoms with E-state index < -0.39 is 0 Å². The zero-order chi connectivity index (χ0) is 14.5. The van der Waals surface area contributed by atoms with Gasteiger partial charge in [-0.15, -0.1) is 0 Å². The molecule has 1 N–H and O–H groups in total. The fraction of sp³-hybridized carbons (Fsp3) is 1.00. The molecule has 114 valence electrons. The predicted molar refractivity (Wildman–Crippen MR) is 83.4 cm³/mol. The predicted octanol–water partition coefficient (Wildman–Crippen LogP) is 4.07. The molecule has 0 saturated heterocycles. The van der Waals surface area contributed by atoms with Gasteiger partial charge >= 0.3 is 0 Å². The van der Waals surface area contributed by atoms with Crippen molar-refractivity contribution in [2.45, 2.75) is 84.8 Å². The average Bonchev–Trinajstić information content (AvgIpc) is 2.38. The minimum atomic E-state index is -0.0810. The van der Waals surface area contributed by atoms with E-state index in [2.05, 4.69) is 39.6 Å². The van der Waals surface area contributed by atoms with Crippen molar-refractivity contribution in [3.8, 4) is 0 Å². The number of unbranched alkanes of at least 4 members (excludes halogenated alkanes) is 2. The second kappa shape index (κ2) is 7.64.